The van der Waals surface area contributed by atoms with Gasteiger partial charge in [-0.1, -0.05) is 15.9 Å². The van der Waals surface area contributed by atoms with Crippen molar-refractivity contribution in [3.8, 4) is 5.75 Å². The Hall–Kier alpha value is -2.71. The van der Waals surface area contributed by atoms with Crippen LogP contribution in [0.2, 0.25) is 0 Å². The summed E-state index contributed by atoms with van der Waals surface area (Å²) < 4.78 is 7.20. The smallest absolute Gasteiger partial charge is 0.227 e. The summed E-state index contributed by atoms with van der Waals surface area (Å²) in [7, 11) is 0. The number of aromatic amines is 1. The van der Waals surface area contributed by atoms with Gasteiger partial charge < -0.3 is 20.1 Å². The molecule has 1 aliphatic rings. The number of aliphatic hydroxyl groups is 1. The van der Waals surface area contributed by atoms with Crippen LogP contribution in [-0.2, 0) is 0 Å². The van der Waals surface area contributed by atoms with Crippen LogP contribution in [0.4, 0.5) is 11.6 Å². The maximum Gasteiger partial charge on any atom is 0.227 e. The lowest BCUT2D eigenvalue weighted by Crippen LogP contribution is -2.26. The first-order chi connectivity index (χ1) is 14.1. The standard InChI is InChI=1S/C21H20BrN5O2/c22-13-7-12-10-23-21(26-14-1-6-17-18(9-14)25-11-24-17)27-20(12)19(8-13)29-16-4-2-15(28)3-5-16/h1,6-11,15-16,28H,2-5H2,(H,24,25)(H,23,26,27). The molecular formula is C21H20BrN5O2. The van der Waals surface area contributed by atoms with Gasteiger partial charge in [-0.25, -0.2) is 15.0 Å². The average Bonchev–Trinajstić information content (AvgIpc) is 3.18. The second kappa shape index (κ2) is 7.61. The van der Waals surface area contributed by atoms with Crippen molar-refractivity contribution < 1.29 is 9.84 Å². The van der Waals surface area contributed by atoms with E-state index in [2.05, 4.69) is 36.2 Å². The number of halogens is 1. The average molecular weight is 454 g/mol. The van der Waals surface area contributed by atoms with Gasteiger partial charge in [0.1, 0.15) is 11.3 Å². The first-order valence-corrected chi connectivity index (χ1v) is 10.4. The molecule has 0 saturated heterocycles. The van der Waals surface area contributed by atoms with E-state index in [1.807, 2.05) is 30.3 Å². The lowest BCUT2D eigenvalue weighted by molar-refractivity contribution is 0.0672. The fourth-order valence-electron chi connectivity index (χ4n) is 3.71. The van der Waals surface area contributed by atoms with Gasteiger partial charge in [-0.15, -0.1) is 0 Å². The lowest BCUT2D eigenvalue weighted by Gasteiger charge is -2.26. The number of ether oxygens (including phenoxy) is 1. The van der Waals surface area contributed by atoms with E-state index >= 15 is 0 Å². The van der Waals surface area contributed by atoms with Crippen molar-refractivity contribution in [2.75, 3.05) is 5.32 Å². The summed E-state index contributed by atoms with van der Waals surface area (Å²) in [4.78, 5) is 16.5. The zero-order valence-electron chi connectivity index (χ0n) is 15.6. The molecule has 2 aromatic heterocycles. The zero-order valence-corrected chi connectivity index (χ0v) is 17.2. The van der Waals surface area contributed by atoms with E-state index in [9.17, 15) is 5.11 Å². The Labute approximate surface area is 175 Å². The molecule has 0 atom stereocenters. The highest BCUT2D eigenvalue weighted by molar-refractivity contribution is 9.10. The quantitative estimate of drug-likeness (QED) is 0.414. The Morgan fingerprint density at radius 2 is 1.97 bits per heavy atom. The van der Waals surface area contributed by atoms with Crippen molar-refractivity contribution in [1.29, 1.82) is 0 Å². The Kier molecular flexibility index (Phi) is 4.81. The van der Waals surface area contributed by atoms with Crippen LogP contribution in [0.3, 0.4) is 0 Å². The third kappa shape index (κ3) is 3.90. The number of anilines is 2. The number of aromatic nitrogens is 4. The van der Waals surface area contributed by atoms with Crippen LogP contribution in [0.5, 0.6) is 5.75 Å². The lowest BCUT2D eigenvalue weighted by atomic mass is 9.95. The molecule has 148 valence electrons. The number of nitrogens with zero attached hydrogens (tertiary/aromatic N) is 3. The minimum absolute atomic E-state index is 0.0880. The van der Waals surface area contributed by atoms with E-state index in [1.165, 1.54) is 0 Å². The van der Waals surface area contributed by atoms with Crippen LogP contribution >= 0.6 is 15.9 Å². The summed E-state index contributed by atoms with van der Waals surface area (Å²) in [6.45, 7) is 0. The topological polar surface area (TPSA) is 96.0 Å². The molecule has 3 N–H and O–H groups in total. The molecule has 0 unspecified atom stereocenters. The van der Waals surface area contributed by atoms with Crippen LogP contribution < -0.4 is 10.1 Å². The molecular weight excluding hydrogens is 434 g/mol. The van der Waals surface area contributed by atoms with Crippen LogP contribution in [0.1, 0.15) is 25.7 Å². The number of rotatable bonds is 4. The summed E-state index contributed by atoms with van der Waals surface area (Å²) in [5, 5.41) is 13.9. The Morgan fingerprint density at radius 3 is 2.83 bits per heavy atom. The number of hydrogen-bond acceptors (Lipinski definition) is 6. The molecule has 1 aliphatic carbocycles. The molecule has 1 fully saturated rings. The van der Waals surface area contributed by atoms with Crippen molar-refractivity contribution in [3.63, 3.8) is 0 Å². The molecule has 2 heterocycles. The van der Waals surface area contributed by atoms with Crippen molar-refractivity contribution in [2.24, 2.45) is 0 Å². The van der Waals surface area contributed by atoms with Gasteiger partial charge >= 0.3 is 0 Å². The second-order valence-corrected chi connectivity index (χ2v) is 8.26. The molecule has 0 radical (unpaired) electrons. The highest BCUT2D eigenvalue weighted by Crippen LogP contribution is 2.32. The summed E-state index contributed by atoms with van der Waals surface area (Å²) in [5.74, 6) is 1.23. The fourth-order valence-corrected chi connectivity index (χ4v) is 4.17. The Balaban J connectivity index is 1.45. The molecule has 29 heavy (non-hydrogen) atoms. The molecule has 8 heteroatoms. The van der Waals surface area contributed by atoms with E-state index in [0.717, 1.165) is 63.5 Å². The monoisotopic (exact) mass is 453 g/mol. The maximum atomic E-state index is 9.74. The van der Waals surface area contributed by atoms with E-state index in [0.29, 0.717) is 5.95 Å². The fraction of sp³-hybridized carbons (Fsp3) is 0.286. The molecule has 0 bridgehead atoms. The molecule has 7 nitrogen and oxygen atoms in total. The van der Waals surface area contributed by atoms with Crippen molar-refractivity contribution in [3.05, 3.63) is 47.3 Å². The van der Waals surface area contributed by atoms with E-state index < -0.39 is 0 Å². The maximum absolute atomic E-state index is 9.74. The van der Waals surface area contributed by atoms with Gasteiger partial charge in [0.15, 0.2) is 0 Å². The van der Waals surface area contributed by atoms with Crippen LogP contribution in [0.15, 0.2) is 47.3 Å². The highest BCUT2D eigenvalue weighted by atomic mass is 79.9. The van der Waals surface area contributed by atoms with Gasteiger partial charge in [0.25, 0.3) is 0 Å². The Bertz CT molecular complexity index is 1170. The van der Waals surface area contributed by atoms with Crippen molar-refractivity contribution in [1.82, 2.24) is 19.9 Å². The predicted octanol–water partition coefficient (Wildman–Crippen LogP) is 4.69. The van der Waals surface area contributed by atoms with E-state index in [-0.39, 0.29) is 12.2 Å². The summed E-state index contributed by atoms with van der Waals surface area (Å²) >= 11 is 3.55. The Morgan fingerprint density at radius 1 is 1.10 bits per heavy atom. The summed E-state index contributed by atoms with van der Waals surface area (Å²) in [6, 6.07) is 9.79. The highest BCUT2D eigenvalue weighted by Gasteiger charge is 2.22. The molecule has 2 aromatic carbocycles. The summed E-state index contributed by atoms with van der Waals surface area (Å²) in [5.41, 5.74) is 3.50. The van der Waals surface area contributed by atoms with Crippen LogP contribution in [0.25, 0.3) is 21.9 Å². The first-order valence-electron chi connectivity index (χ1n) is 9.65. The van der Waals surface area contributed by atoms with Gasteiger partial charge in [0.05, 0.1) is 29.6 Å². The van der Waals surface area contributed by atoms with E-state index in [4.69, 9.17) is 9.72 Å². The van der Waals surface area contributed by atoms with E-state index in [1.54, 1.807) is 12.5 Å². The predicted molar refractivity (Wildman–Crippen MR) is 116 cm³/mol. The van der Waals surface area contributed by atoms with Crippen molar-refractivity contribution >= 4 is 49.5 Å². The van der Waals surface area contributed by atoms with Gasteiger partial charge in [-0.2, -0.15) is 0 Å². The number of H-pyrrole nitrogens is 1. The number of aliphatic hydroxyl groups excluding tert-OH is 1. The van der Waals surface area contributed by atoms with Gasteiger partial charge in [0.2, 0.25) is 5.95 Å². The second-order valence-electron chi connectivity index (χ2n) is 7.34. The molecule has 0 spiro atoms. The molecule has 0 aliphatic heterocycles. The van der Waals surface area contributed by atoms with Crippen molar-refractivity contribution in [2.45, 2.75) is 37.9 Å². The normalized spacial score (nSPS) is 19.5. The van der Waals surface area contributed by atoms with Gasteiger partial charge in [-0.3, -0.25) is 0 Å². The number of fused-ring (bicyclic) bond motifs is 2. The summed E-state index contributed by atoms with van der Waals surface area (Å²) in [6.07, 6.45) is 6.58. The first kappa shape index (κ1) is 18.3. The number of hydrogen-bond donors (Lipinski definition) is 3. The molecule has 4 aromatic rings. The largest absolute Gasteiger partial charge is 0.488 e. The SMILES string of the molecule is OC1CCC(Oc2cc(Br)cc3cnc(Nc4ccc5nc[nH]c5c4)nc23)CC1. The van der Waals surface area contributed by atoms with Crippen LogP contribution in [0, 0.1) is 0 Å². The molecule has 0 amide bonds. The number of nitrogens with one attached hydrogen (secondary N) is 2. The minimum atomic E-state index is -0.209. The minimum Gasteiger partial charge on any atom is -0.488 e. The molecule has 1 saturated carbocycles. The zero-order chi connectivity index (χ0) is 19.8. The molecule has 5 rings (SSSR count). The number of imidazole rings is 1. The third-order valence-electron chi connectivity index (χ3n) is 5.23. The van der Waals surface area contributed by atoms with Crippen LogP contribution in [-0.4, -0.2) is 37.3 Å². The van der Waals surface area contributed by atoms with Gasteiger partial charge in [0, 0.05) is 21.7 Å². The van der Waals surface area contributed by atoms with Gasteiger partial charge in [-0.05, 0) is 56.0 Å². The third-order valence-corrected chi connectivity index (χ3v) is 5.68. The number of benzene rings is 2.